The van der Waals surface area contributed by atoms with Crippen molar-refractivity contribution in [2.45, 2.75) is 37.8 Å². The number of hydrogen-bond donors (Lipinski definition) is 1. The SMILES string of the molecule is O=C(CNc1cccc(-c2nnnn2C2CC2)c1)N1CCC[C@@H]1c1cccs1. The van der Waals surface area contributed by atoms with Crippen LogP contribution < -0.4 is 5.32 Å². The minimum atomic E-state index is 0.143. The molecule has 0 spiro atoms. The average molecular weight is 395 g/mol. The lowest BCUT2D eigenvalue weighted by atomic mass is 10.2. The van der Waals surface area contributed by atoms with Crippen molar-refractivity contribution in [2.75, 3.05) is 18.4 Å². The molecule has 1 aliphatic carbocycles. The summed E-state index contributed by atoms with van der Waals surface area (Å²) in [6, 6.07) is 12.8. The van der Waals surface area contributed by atoms with Crippen molar-refractivity contribution in [3.05, 3.63) is 46.7 Å². The van der Waals surface area contributed by atoms with Crippen LogP contribution in [0.1, 0.15) is 42.6 Å². The summed E-state index contributed by atoms with van der Waals surface area (Å²) in [5.41, 5.74) is 1.87. The molecule has 0 unspecified atom stereocenters. The lowest BCUT2D eigenvalue weighted by Crippen LogP contribution is -2.34. The van der Waals surface area contributed by atoms with E-state index in [0.29, 0.717) is 12.6 Å². The smallest absolute Gasteiger partial charge is 0.242 e. The lowest BCUT2D eigenvalue weighted by Gasteiger charge is -2.24. The zero-order valence-corrected chi connectivity index (χ0v) is 16.3. The molecule has 144 valence electrons. The summed E-state index contributed by atoms with van der Waals surface area (Å²) >= 11 is 1.73. The number of carbonyl (C=O) groups is 1. The van der Waals surface area contributed by atoms with Gasteiger partial charge >= 0.3 is 0 Å². The van der Waals surface area contributed by atoms with Crippen LogP contribution in [-0.4, -0.2) is 44.1 Å². The fourth-order valence-electron chi connectivity index (χ4n) is 3.84. The predicted molar refractivity (Wildman–Crippen MR) is 108 cm³/mol. The van der Waals surface area contributed by atoms with Crippen molar-refractivity contribution in [1.29, 1.82) is 0 Å². The second-order valence-corrected chi connectivity index (χ2v) is 8.35. The van der Waals surface area contributed by atoms with Crippen LogP contribution in [0, 0.1) is 0 Å². The molecule has 1 amide bonds. The van der Waals surface area contributed by atoms with E-state index in [4.69, 9.17) is 0 Å². The number of carbonyl (C=O) groups excluding carboxylic acids is 1. The first-order chi connectivity index (χ1) is 13.8. The standard InChI is InChI=1S/C20H22N6OS/c27-19(25-10-2-6-17(25)18-7-3-11-28-18)13-21-15-5-1-4-14(12-15)20-22-23-24-26(20)16-8-9-16/h1,3-5,7,11-12,16-17,21H,2,6,8-10,13H2/t17-/m1/s1. The molecule has 1 N–H and O–H groups in total. The summed E-state index contributed by atoms with van der Waals surface area (Å²) in [6.45, 7) is 1.12. The van der Waals surface area contributed by atoms with Gasteiger partial charge in [-0.15, -0.1) is 16.4 Å². The maximum atomic E-state index is 12.8. The normalized spacial score (nSPS) is 19.1. The van der Waals surface area contributed by atoms with Gasteiger partial charge in [0.1, 0.15) is 0 Å². The van der Waals surface area contributed by atoms with Gasteiger partial charge in [-0.3, -0.25) is 4.79 Å². The molecule has 0 bridgehead atoms. The summed E-state index contributed by atoms with van der Waals surface area (Å²) in [7, 11) is 0. The Hall–Kier alpha value is -2.74. The van der Waals surface area contributed by atoms with Crippen LogP contribution in [0.4, 0.5) is 5.69 Å². The molecule has 8 heteroatoms. The van der Waals surface area contributed by atoms with Crippen LogP contribution in [0.3, 0.4) is 0 Å². The van der Waals surface area contributed by atoms with Gasteiger partial charge in [0, 0.05) is 22.7 Å². The highest BCUT2D eigenvalue weighted by atomic mass is 32.1. The molecule has 1 saturated carbocycles. The lowest BCUT2D eigenvalue weighted by molar-refractivity contribution is -0.130. The van der Waals surface area contributed by atoms with Gasteiger partial charge in [-0.25, -0.2) is 4.68 Å². The highest BCUT2D eigenvalue weighted by Crippen LogP contribution is 2.37. The number of amides is 1. The Labute approximate surface area is 167 Å². The van der Waals surface area contributed by atoms with Crippen molar-refractivity contribution in [1.82, 2.24) is 25.1 Å². The van der Waals surface area contributed by atoms with Gasteiger partial charge in [0.25, 0.3) is 0 Å². The van der Waals surface area contributed by atoms with E-state index in [1.165, 1.54) is 4.88 Å². The molecule has 28 heavy (non-hydrogen) atoms. The Morgan fingerprint density at radius 1 is 1.21 bits per heavy atom. The number of anilines is 1. The Balaban J connectivity index is 1.27. The summed E-state index contributed by atoms with van der Waals surface area (Å²) in [5, 5.41) is 17.5. The minimum Gasteiger partial charge on any atom is -0.376 e. The van der Waals surface area contributed by atoms with Gasteiger partial charge in [0.15, 0.2) is 5.82 Å². The Bertz CT molecular complexity index is 965. The van der Waals surface area contributed by atoms with E-state index in [1.807, 2.05) is 33.8 Å². The second-order valence-electron chi connectivity index (χ2n) is 7.37. The van der Waals surface area contributed by atoms with E-state index in [0.717, 1.165) is 49.3 Å². The van der Waals surface area contributed by atoms with Crippen molar-refractivity contribution in [3.8, 4) is 11.4 Å². The van der Waals surface area contributed by atoms with Crippen LogP contribution >= 0.6 is 11.3 Å². The number of hydrogen-bond acceptors (Lipinski definition) is 6. The van der Waals surface area contributed by atoms with Crippen molar-refractivity contribution >= 4 is 22.9 Å². The number of nitrogens with zero attached hydrogens (tertiary/aromatic N) is 5. The van der Waals surface area contributed by atoms with E-state index < -0.39 is 0 Å². The van der Waals surface area contributed by atoms with E-state index in [2.05, 4.69) is 38.4 Å². The van der Waals surface area contributed by atoms with Crippen molar-refractivity contribution < 1.29 is 4.79 Å². The second kappa shape index (κ2) is 7.35. The quantitative estimate of drug-likeness (QED) is 0.692. The molecule has 2 aliphatic rings. The maximum absolute atomic E-state index is 12.8. The van der Waals surface area contributed by atoms with E-state index in [9.17, 15) is 4.79 Å². The van der Waals surface area contributed by atoms with Crippen LogP contribution in [0.15, 0.2) is 41.8 Å². The molecule has 1 atom stereocenters. The number of nitrogens with one attached hydrogen (secondary N) is 1. The van der Waals surface area contributed by atoms with Gasteiger partial charge in [-0.1, -0.05) is 18.2 Å². The number of tetrazole rings is 1. The number of benzene rings is 1. The molecule has 7 nitrogen and oxygen atoms in total. The van der Waals surface area contributed by atoms with E-state index in [1.54, 1.807) is 11.3 Å². The minimum absolute atomic E-state index is 0.143. The average Bonchev–Trinajstić information content (AvgIpc) is 3.15. The first kappa shape index (κ1) is 17.4. The third kappa shape index (κ3) is 3.40. The van der Waals surface area contributed by atoms with Gasteiger partial charge in [0.05, 0.1) is 18.6 Å². The number of rotatable bonds is 6. The van der Waals surface area contributed by atoms with Gasteiger partial charge in [0.2, 0.25) is 5.91 Å². The molecule has 0 radical (unpaired) electrons. The van der Waals surface area contributed by atoms with Gasteiger partial charge < -0.3 is 10.2 Å². The summed E-state index contributed by atoms with van der Waals surface area (Å²) in [6.07, 6.45) is 4.37. The fraction of sp³-hybridized carbons (Fsp3) is 0.400. The molecule has 5 rings (SSSR count). The Morgan fingerprint density at radius 3 is 2.96 bits per heavy atom. The number of likely N-dealkylation sites (tertiary alicyclic amines) is 1. The van der Waals surface area contributed by atoms with Crippen LogP contribution in [0.25, 0.3) is 11.4 Å². The third-order valence-corrected chi connectivity index (χ3v) is 6.37. The monoisotopic (exact) mass is 394 g/mol. The van der Waals surface area contributed by atoms with Crippen molar-refractivity contribution in [2.24, 2.45) is 0 Å². The molecule has 3 aromatic rings. The van der Waals surface area contributed by atoms with Crippen LogP contribution in [0.2, 0.25) is 0 Å². The number of aromatic nitrogens is 4. The third-order valence-electron chi connectivity index (χ3n) is 5.39. The highest BCUT2D eigenvalue weighted by Gasteiger charge is 2.30. The van der Waals surface area contributed by atoms with Crippen LogP contribution in [0.5, 0.6) is 0 Å². The molecule has 2 aromatic heterocycles. The molecule has 1 aliphatic heterocycles. The van der Waals surface area contributed by atoms with E-state index >= 15 is 0 Å². The summed E-state index contributed by atoms with van der Waals surface area (Å²) in [5.74, 6) is 0.930. The molecular formula is C20H22N6OS. The first-order valence-electron chi connectivity index (χ1n) is 9.74. The molecule has 2 fully saturated rings. The summed E-state index contributed by atoms with van der Waals surface area (Å²) < 4.78 is 1.90. The van der Waals surface area contributed by atoms with Gasteiger partial charge in [-0.2, -0.15) is 0 Å². The van der Waals surface area contributed by atoms with Crippen molar-refractivity contribution in [3.63, 3.8) is 0 Å². The highest BCUT2D eigenvalue weighted by molar-refractivity contribution is 7.10. The Kier molecular flexibility index (Phi) is 4.56. The first-order valence-corrected chi connectivity index (χ1v) is 10.6. The van der Waals surface area contributed by atoms with E-state index in [-0.39, 0.29) is 11.9 Å². The largest absolute Gasteiger partial charge is 0.376 e. The molecule has 3 heterocycles. The molecule has 1 aromatic carbocycles. The number of thiophene rings is 1. The van der Waals surface area contributed by atoms with Gasteiger partial charge in [-0.05, 0) is 59.7 Å². The zero-order valence-electron chi connectivity index (χ0n) is 15.5. The fourth-order valence-corrected chi connectivity index (χ4v) is 4.71. The molecular weight excluding hydrogens is 372 g/mol. The van der Waals surface area contributed by atoms with Crippen LogP contribution in [-0.2, 0) is 4.79 Å². The predicted octanol–water partition coefficient (Wildman–Crippen LogP) is 3.51. The topological polar surface area (TPSA) is 75.9 Å². The zero-order chi connectivity index (χ0) is 18.9. The summed E-state index contributed by atoms with van der Waals surface area (Å²) in [4.78, 5) is 16.1. The molecule has 1 saturated heterocycles. The maximum Gasteiger partial charge on any atom is 0.242 e. The Morgan fingerprint density at radius 2 is 2.14 bits per heavy atom.